The lowest BCUT2D eigenvalue weighted by Gasteiger charge is -2.24. The van der Waals surface area contributed by atoms with Crippen molar-refractivity contribution in [3.05, 3.63) is 48.0 Å². The van der Waals surface area contributed by atoms with Crippen LogP contribution in [0.5, 0.6) is 0 Å². The second-order valence-electron chi connectivity index (χ2n) is 6.60. The third-order valence-corrected chi connectivity index (χ3v) is 4.90. The first-order valence-corrected chi connectivity index (χ1v) is 8.44. The van der Waals surface area contributed by atoms with Crippen molar-refractivity contribution >= 4 is 16.7 Å². The van der Waals surface area contributed by atoms with Crippen LogP contribution in [0.2, 0.25) is 0 Å². The summed E-state index contributed by atoms with van der Waals surface area (Å²) in [5, 5.41) is 2.50. The molecule has 1 saturated carbocycles. The Morgan fingerprint density at radius 3 is 2.59 bits per heavy atom. The number of hydrogen-bond donors (Lipinski definition) is 0. The molecule has 2 aromatic rings. The third-order valence-electron chi connectivity index (χ3n) is 4.90. The van der Waals surface area contributed by atoms with Gasteiger partial charge in [-0.15, -0.1) is 0 Å². The van der Waals surface area contributed by atoms with E-state index in [4.69, 9.17) is 0 Å². The van der Waals surface area contributed by atoms with Crippen LogP contribution in [0.3, 0.4) is 0 Å². The molecule has 1 aliphatic rings. The van der Waals surface area contributed by atoms with Gasteiger partial charge in [0.15, 0.2) is 0 Å². The van der Waals surface area contributed by atoms with Crippen molar-refractivity contribution < 1.29 is 4.79 Å². The second-order valence-corrected chi connectivity index (χ2v) is 6.60. The van der Waals surface area contributed by atoms with E-state index in [0.717, 1.165) is 6.42 Å². The SMILES string of the molecule is CN(Cc1cccc2ccccc12)C(=O)CC1CCCCC1. The molecule has 1 fully saturated rings. The monoisotopic (exact) mass is 295 g/mol. The summed E-state index contributed by atoms with van der Waals surface area (Å²) in [5.41, 5.74) is 1.23. The summed E-state index contributed by atoms with van der Waals surface area (Å²) in [5.74, 6) is 0.899. The van der Waals surface area contributed by atoms with Gasteiger partial charge in [-0.05, 0) is 35.1 Å². The van der Waals surface area contributed by atoms with Gasteiger partial charge in [0.1, 0.15) is 0 Å². The van der Waals surface area contributed by atoms with Crippen LogP contribution in [0.15, 0.2) is 42.5 Å². The predicted molar refractivity (Wildman–Crippen MR) is 91.6 cm³/mol. The fraction of sp³-hybridized carbons (Fsp3) is 0.450. The van der Waals surface area contributed by atoms with E-state index in [1.165, 1.54) is 48.4 Å². The van der Waals surface area contributed by atoms with Crippen LogP contribution < -0.4 is 0 Å². The number of carbonyl (C=O) groups is 1. The highest BCUT2D eigenvalue weighted by molar-refractivity contribution is 5.86. The summed E-state index contributed by atoms with van der Waals surface area (Å²) in [6.45, 7) is 0.701. The lowest BCUT2D eigenvalue weighted by atomic mass is 9.86. The van der Waals surface area contributed by atoms with Crippen LogP contribution in [-0.2, 0) is 11.3 Å². The average molecular weight is 295 g/mol. The van der Waals surface area contributed by atoms with Gasteiger partial charge in [0.25, 0.3) is 0 Å². The van der Waals surface area contributed by atoms with Gasteiger partial charge >= 0.3 is 0 Å². The Hall–Kier alpha value is -1.83. The maximum absolute atomic E-state index is 12.5. The summed E-state index contributed by atoms with van der Waals surface area (Å²) in [6, 6.07) is 14.7. The molecule has 1 amide bonds. The normalized spacial score (nSPS) is 15.9. The first kappa shape index (κ1) is 15.1. The molecule has 0 saturated heterocycles. The van der Waals surface area contributed by atoms with Gasteiger partial charge in [0, 0.05) is 20.0 Å². The Kier molecular flexibility index (Phi) is 4.77. The van der Waals surface area contributed by atoms with Crippen LogP contribution in [0.1, 0.15) is 44.1 Å². The van der Waals surface area contributed by atoms with Crippen LogP contribution in [0.25, 0.3) is 10.8 Å². The first-order chi connectivity index (χ1) is 10.7. The molecule has 2 aromatic carbocycles. The number of carbonyl (C=O) groups excluding carboxylic acids is 1. The summed E-state index contributed by atoms with van der Waals surface area (Å²) >= 11 is 0. The van der Waals surface area contributed by atoms with Gasteiger partial charge in [0.2, 0.25) is 5.91 Å². The molecule has 1 aliphatic carbocycles. The van der Waals surface area contributed by atoms with E-state index in [0.29, 0.717) is 18.4 Å². The standard InChI is InChI=1S/C20H25NO/c1-21(20(22)14-16-8-3-2-4-9-16)15-18-12-7-11-17-10-5-6-13-19(17)18/h5-7,10-13,16H,2-4,8-9,14-15H2,1H3. The molecule has 2 nitrogen and oxygen atoms in total. The molecule has 0 spiro atoms. The molecule has 0 atom stereocenters. The minimum atomic E-state index is 0.292. The van der Waals surface area contributed by atoms with E-state index in [9.17, 15) is 4.79 Å². The van der Waals surface area contributed by atoms with Crippen molar-refractivity contribution in [1.82, 2.24) is 4.90 Å². The molecule has 0 N–H and O–H groups in total. The van der Waals surface area contributed by atoms with Crippen molar-refractivity contribution in [2.24, 2.45) is 5.92 Å². The van der Waals surface area contributed by atoms with Crippen molar-refractivity contribution in [1.29, 1.82) is 0 Å². The molecule has 22 heavy (non-hydrogen) atoms. The summed E-state index contributed by atoms with van der Waals surface area (Å²) in [7, 11) is 1.94. The van der Waals surface area contributed by atoms with Gasteiger partial charge < -0.3 is 4.90 Å². The lowest BCUT2D eigenvalue weighted by Crippen LogP contribution is -2.28. The summed E-state index contributed by atoms with van der Waals surface area (Å²) in [4.78, 5) is 14.4. The average Bonchev–Trinajstić information content (AvgIpc) is 2.56. The van der Waals surface area contributed by atoms with Crippen LogP contribution in [-0.4, -0.2) is 17.9 Å². The molecular formula is C20H25NO. The van der Waals surface area contributed by atoms with Gasteiger partial charge in [0.05, 0.1) is 0 Å². The Labute approximate surface area is 133 Å². The largest absolute Gasteiger partial charge is 0.341 e. The Bertz CT molecular complexity index is 638. The van der Waals surface area contributed by atoms with E-state index in [-0.39, 0.29) is 0 Å². The fourth-order valence-corrected chi connectivity index (χ4v) is 3.57. The molecule has 0 aliphatic heterocycles. The lowest BCUT2D eigenvalue weighted by molar-refractivity contribution is -0.131. The first-order valence-electron chi connectivity index (χ1n) is 8.44. The van der Waals surface area contributed by atoms with E-state index in [1.54, 1.807) is 0 Å². The molecule has 0 aromatic heterocycles. The number of amides is 1. The van der Waals surface area contributed by atoms with Gasteiger partial charge in [-0.2, -0.15) is 0 Å². The number of fused-ring (bicyclic) bond motifs is 1. The smallest absolute Gasteiger partial charge is 0.222 e. The van der Waals surface area contributed by atoms with Crippen LogP contribution >= 0.6 is 0 Å². The van der Waals surface area contributed by atoms with Crippen LogP contribution in [0.4, 0.5) is 0 Å². The highest BCUT2D eigenvalue weighted by Crippen LogP contribution is 2.27. The van der Waals surface area contributed by atoms with Crippen molar-refractivity contribution in [2.45, 2.75) is 45.1 Å². The second kappa shape index (κ2) is 6.95. The molecule has 0 unspecified atom stereocenters. The van der Waals surface area contributed by atoms with E-state index < -0.39 is 0 Å². The summed E-state index contributed by atoms with van der Waals surface area (Å²) in [6.07, 6.45) is 7.12. The maximum atomic E-state index is 12.5. The zero-order valence-electron chi connectivity index (χ0n) is 13.4. The molecule has 3 rings (SSSR count). The molecule has 2 heteroatoms. The van der Waals surface area contributed by atoms with Crippen molar-refractivity contribution in [3.63, 3.8) is 0 Å². The number of benzene rings is 2. The predicted octanol–water partition coefficient (Wildman–Crippen LogP) is 4.77. The summed E-state index contributed by atoms with van der Waals surface area (Å²) < 4.78 is 0. The van der Waals surface area contributed by atoms with Crippen molar-refractivity contribution in [2.75, 3.05) is 7.05 Å². The van der Waals surface area contributed by atoms with E-state index >= 15 is 0 Å². The molecule has 0 heterocycles. The Morgan fingerprint density at radius 1 is 1.05 bits per heavy atom. The number of hydrogen-bond acceptors (Lipinski definition) is 1. The Morgan fingerprint density at radius 2 is 1.77 bits per heavy atom. The van der Waals surface area contributed by atoms with Gasteiger partial charge in [-0.1, -0.05) is 61.7 Å². The van der Waals surface area contributed by atoms with Crippen LogP contribution in [0, 0.1) is 5.92 Å². The minimum Gasteiger partial charge on any atom is -0.341 e. The molecular weight excluding hydrogens is 270 g/mol. The molecule has 116 valence electrons. The molecule has 0 bridgehead atoms. The highest BCUT2D eigenvalue weighted by Gasteiger charge is 2.19. The topological polar surface area (TPSA) is 20.3 Å². The molecule has 0 radical (unpaired) electrons. The Balaban J connectivity index is 1.67. The minimum absolute atomic E-state index is 0.292. The fourth-order valence-electron chi connectivity index (χ4n) is 3.57. The number of nitrogens with zero attached hydrogens (tertiary/aromatic N) is 1. The van der Waals surface area contributed by atoms with Gasteiger partial charge in [-0.25, -0.2) is 0 Å². The van der Waals surface area contributed by atoms with E-state index in [2.05, 4.69) is 42.5 Å². The van der Waals surface area contributed by atoms with E-state index in [1.807, 2.05) is 11.9 Å². The van der Waals surface area contributed by atoms with Crippen molar-refractivity contribution in [3.8, 4) is 0 Å². The third kappa shape index (κ3) is 3.49. The quantitative estimate of drug-likeness (QED) is 0.795. The number of rotatable bonds is 4. The zero-order chi connectivity index (χ0) is 15.4. The van der Waals surface area contributed by atoms with Gasteiger partial charge in [-0.3, -0.25) is 4.79 Å². The zero-order valence-corrected chi connectivity index (χ0v) is 13.4. The maximum Gasteiger partial charge on any atom is 0.222 e. The highest BCUT2D eigenvalue weighted by atomic mass is 16.2.